The summed E-state index contributed by atoms with van der Waals surface area (Å²) in [4.78, 5) is 25.2. The summed E-state index contributed by atoms with van der Waals surface area (Å²) < 4.78 is 32.5. The molecule has 1 aliphatic heterocycles. The van der Waals surface area contributed by atoms with Crippen LogP contribution >= 0.6 is 0 Å². The van der Waals surface area contributed by atoms with Crippen LogP contribution in [0.5, 0.6) is 0 Å². The van der Waals surface area contributed by atoms with Gasteiger partial charge in [0.15, 0.2) is 0 Å². The molecule has 0 atom stereocenters. The molecule has 8 heteroatoms. The van der Waals surface area contributed by atoms with E-state index < -0.39 is 15.9 Å². The van der Waals surface area contributed by atoms with Crippen LogP contribution in [0.1, 0.15) is 39.7 Å². The highest BCUT2D eigenvalue weighted by Crippen LogP contribution is 2.36. The van der Waals surface area contributed by atoms with Gasteiger partial charge in [-0.2, -0.15) is 0 Å². The van der Waals surface area contributed by atoms with Crippen LogP contribution in [-0.2, 0) is 27.8 Å². The third-order valence-electron chi connectivity index (χ3n) is 5.53. The van der Waals surface area contributed by atoms with Gasteiger partial charge in [-0.05, 0) is 49.2 Å². The van der Waals surface area contributed by atoms with Gasteiger partial charge in [0.05, 0.1) is 12.8 Å². The lowest BCUT2D eigenvalue weighted by molar-refractivity contribution is -0.122. The van der Waals surface area contributed by atoms with E-state index in [1.807, 2.05) is 25.1 Å². The summed E-state index contributed by atoms with van der Waals surface area (Å²) in [6.07, 6.45) is 2.17. The fourth-order valence-electron chi connectivity index (χ4n) is 3.71. The molecule has 170 valence electrons. The number of furan rings is 1. The summed E-state index contributed by atoms with van der Waals surface area (Å²) in [6.45, 7) is 3.77. The van der Waals surface area contributed by atoms with E-state index >= 15 is 0 Å². The lowest BCUT2D eigenvalue weighted by Gasteiger charge is -2.17. The minimum Gasteiger partial charge on any atom is -0.469 e. The van der Waals surface area contributed by atoms with Crippen molar-refractivity contribution in [1.82, 2.24) is 9.62 Å². The van der Waals surface area contributed by atoms with Crippen molar-refractivity contribution >= 4 is 26.7 Å². The number of amides is 2. The van der Waals surface area contributed by atoms with Crippen LogP contribution in [0, 0.1) is 6.92 Å². The molecule has 1 aliphatic rings. The molecular formula is C25H24N2O5S. The van der Waals surface area contributed by atoms with Crippen LogP contribution < -0.4 is 5.32 Å². The van der Waals surface area contributed by atoms with Gasteiger partial charge in [0.1, 0.15) is 10.7 Å². The summed E-state index contributed by atoms with van der Waals surface area (Å²) in [6, 6.07) is 17.2. The first kappa shape index (κ1) is 22.5. The van der Waals surface area contributed by atoms with Crippen LogP contribution in [0.3, 0.4) is 0 Å². The lowest BCUT2D eigenvalue weighted by atomic mass is 10.1. The van der Waals surface area contributed by atoms with E-state index in [0.717, 1.165) is 15.6 Å². The number of aryl methyl sites for hydroxylation is 1. The Bertz CT molecular complexity index is 1310. The van der Waals surface area contributed by atoms with Gasteiger partial charge in [-0.25, -0.2) is 12.7 Å². The number of hydrogen-bond acceptors (Lipinski definition) is 5. The third kappa shape index (κ3) is 4.61. The van der Waals surface area contributed by atoms with Gasteiger partial charge in [0.25, 0.3) is 21.8 Å². The Morgan fingerprint density at radius 2 is 1.70 bits per heavy atom. The fourth-order valence-corrected chi connectivity index (χ4v) is 5.51. The Morgan fingerprint density at radius 1 is 1.00 bits per heavy atom. The molecular weight excluding hydrogens is 440 g/mol. The van der Waals surface area contributed by atoms with E-state index in [2.05, 4.69) is 5.32 Å². The summed E-state index contributed by atoms with van der Waals surface area (Å²) in [7, 11) is -3.98. The van der Waals surface area contributed by atoms with Gasteiger partial charge in [0, 0.05) is 24.1 Å². The normalized spacial score (nSPS) is 15.2. The van der Waals surface area contributed by atoms with Gasteiger partial charge in [-0.1, -0.05) is 42.0 Å². The van der Waals surface area contributed by atoms with Crippen LogP contribution in [0.2, 0.25) is 0 Å². The number of benzene rings is 2. The van der Waals surface area contributed by atoms with Gasteiger partial charge < -0.3 is 9.73 Å². The second-order valence-electron chi connectivity index (χ2n) is 7.92. The molecule has 0 saturated carbocycles. The van der Waals surface area contributed by atoms with Crippen molar-refractivity contribution in [2.45, 2.75) is 26.8 Å². The number of nitrogens with one attached hydrogen (secondary N) is 1. The third-order valence-corrected chi connectivity index (χ3v) is 7.46. The molecule has 2 heterocycles. The Kier molecular flexibility index (Phi) is 6.20. The molecule has 3 aromatic rings. The van der Waals surface area contributed by atoms with Crippen molar-refractivity contribution in [2.75, 3.05) is 6.54 Å². The van der Waals surface area contributed by atoms with Crippen molar-refractivity contribution in [3.8, 4) is 0 Å². The van der Waals surface area contributed by atoms with E-state index in [0.29, 0.717) is 29.7 Å². The minimum atomic E-state index is -3.98. The zero-order valence-corrected chi connectivity index (χ0v) is 19.2. The molecule has 33 heavy (non-hydrogen) atoms. The van der Waals surface area contributed by atoms with Gasteiger partial charge in [-0.15, -0.1) is 0 Å². The fraction of sp³-hybridized carbons (Fsp3) is 0.200. The smallest absolute Gasteiger partial charge is 0.268 e. The van der Waals surface area contributed by atoms with Crippen molar-refractivity contribution in [1.29, 1.82) is 0 Å². The van der Waals surface area contributed by atoms with Crippen molar-refractivity contribution < 1.29 is 22.4 Å². The van der Waals surface area contributed by atoms with Gasteiger partial charge >= 0.3 is 0 Å². The average molecular weight is 465 g/mol. The van der Waals surface area contributed by atoms with Crippen molar-refractivity contribution in [3.05, 3.63) is 101 Å². The molecule has 0 bridgehead atoms. The predicted molar refractivity (Wildman–Crippen MR) is 124 cm³/mol. The summed E-state index contributed by atoms with van der Waals surface area (Å²) in [5.74, 6) is 0.0125. The Balaban J connectivity index is 1.44. The Labute approximate surface area is 192 Å². The standard InChI is InChI=1S/C25H24N2O5S/c1-17-5-9-20(10-6-17)23-18(2)25(29)27(33(23,30)31)16-19-7-11-21(12-8-19)24(28)26-14-13-22-4-3-15-32-22/h3-12,15H,13-14,16H2,1-2H3,(H,26,28). The number of nitrogens with zero attached hydrogens (tertiary/aromatic N) is 1. The Morgan fingerprint density at radius 3 is 2.33 bits per heavy atom. The summed E-state index contributed by atoms with van der Waals surface area (Å²) >= 11 is 0. The van der Waals surface area contributed by atoms with Crippen LogP contribution in [0.4, 0.5) is 0 Å². The van der Waals surface area contributed by atoms with E-state index in [-0.39, 0.29) is 22.9 Å². The largest absolute Gasteiger partial charge is 0.469 e. The van der Waals surface area contributed by atoms with Crippen molar-refractivity contribution in [3.63, 3.8) is 0 Å². The summed E-state index contributed by atoms with van der Waals surface area (Å²) in [5.41, 5.74) is 2.75. The molecule has 2 aromatic carbocycles. The molecule has 0 aliphatic carbocycles. The first-order valence-electron chi connectivity index (χ1n) is 10.5. The molecule has 0 saturated heterocycles. The maximum absolute atomic E-state index is 13.2. The van der Waals surface area contributed by atoms with Crippen LogP contribution in [0.15, 0.2) is 76.9 Å². The zero-order valence-electron chi connectivity index (χ0n) is 18.4. The Hall–Kier alpha value is -3.65. The molecule has 0 unspecified atom stereocenters. The molecule has 0 fully saturated rings. The SMILES string of the molecule is CC1=C(c2ccc(C)cc2)S(=O)(=O)N(Cc2ccc(C(=O)NCCc3ccco3)cc2)C1=O. The van der Waals surface area contributed by atoms with Gasteiger partial charge in [0.2, 0.25) is 0 Å². The molecule has 0 radical (unpaired) electrons. The zero-order chi connectivity index (χ0) is 23.6. The predicted octanol–water partition coefficient (Wildman–Crippen LogP) is 3.66. The molecule has 0 spiro atoms. The molecule has 1 N–H and O–H groups in total. The number of carbonyl (C=O) groups excluding carboxylic acids is 2. The number of carbonyl (C=O) groups is 2. The van der Waals surface area contributed by atoms with Gasteiger partial charge in [-0.3, -0.25) is 9.59 Å². The van der Waals surface area contributed by atoms with Crippen LogP contribution in [0.25, 0.3) is 4.91 Å². The summed E-state index contributed by atoms with van der Waals surface area (Å²) in [5, 5.41) is 2.82. The highest BCUT2D eigenvalue weighted by Gasteiger charge is 2.42. The number of sulfonamides is 1. The number of hydrogen-bond donors (Lipinski definition) is 1. The maximum atomic E-state index is 13.2. The minimum absolute atomic E-state index is 0.0417. The second-order valence-corrected chi connectivity index (χ2v) is 9.72. The maximum Gasteiger partial charge on any atom is 0.268 e. The van der Waals surface area contributed by atoms with E-state index in [1.165, 1.54) is 6.92 Å². The molecule has 1 aromatic heterocycles. The van der Waals surface area contributed by atoms with E-state index in [9.17, 15) is 18.0 Å². The first-order valence-corrected chi connectivity index (χ1v) is 12.0. The second kappa shape index (κ2) is 9.07. The van der Waals surface area contributed by atoms with E-state index in [1.54, 1.807) is 48.7 Å². The quantitative estimate of drug-likeness (QED) is 0.576. The number of rotatable bonds is 7. The highest BCUT2D eigenvalue weighted by atomic mass is 32.2. The molecule has 2 amide bonds. The average Bonchev–Trinajstić information content (AvgIpc) is 3.37. The highest BCUT2D eigenvalue weighted by molar-refractivity contribution is 7.99. The van der Waals surface area contributed by atoms with E-state index in [4.69, 9.17) is 4.42 Å². The monoisotopic (exact) mass is 464 g/mol. The van der Waals surface area contributed by atoms with Crippen molar-refractivity contribution in [2.24, 2.45) is 0 Å². The van der Waals surface area contributed by atoms with Crippen LogP contribution in [-0.4, -0.2) is 31.1 Å². The molecule has 4 rings (SSSR count). The topological polar surface area (TPSA) is 96.7 Å². The lowest BCUT2D eigenvalue weighted by Crippen LogP contribution is -2.31. The molecule has 7 nitrogen and oxygen atoms in total. The first-order chi connectivity index (χ1) is 15.8.